The number of aliphatic hydroxyl groups is 1. The summed E-state index contributed by atoms with van der Waals surface area (Å²) < 4.78 is 81.9. The van der Waals surface area contributed by atoms with Crippen molar-refractivity contribution in [1.29, 1.82) is 0 Å². The molecule has 0 amide bonds. The van der Waals surface area contributed by atoms with Crippen LogP contribution in [-0.4, -0.2) is 23.1 Å². The summed E-state index contributed by atoms with van der Waals surface area (Å²) in [6.45, 7) is 1.57. The first-order valence-corrected chi connectivity index (χ1v) is 6.45. The van der Waals surface area contributed by atoms with E-state index in [1.54, 1.807) is 6.92 Å². The summed E-state index contributed by atoms with van der Waals surface area (Å²) in [5.74, 6) is -15.6. The van der Waals surface area contributed by atoms with Crippen LogP contribution in [0.2, 0.25) is 0 Å². The third kappa shape index (κ3) is 3.17. The lowest BCUT2D eigenvalue weighted by molar-refractivity contribution is -0.354. The summed E-state index contributed by atoms with van der Waals surface area (Å²) in [4.78, 5) is 0. The van der Waals surface area contributed by atoms with Gasteiger partial charge in [0.2, 0.25) is 0 Å². The van der Waals surface area contributed by atoms with Crippen LogP contribution in [0.1, 0.15) is 31.7 Å². The van der Waals surface area contributed by atoms with Crippen LogP contribution in [0.4, 0.5) is 26.3 Å². The van der Waals surface area contributed by atoms with Crippen LogP contribution < -0.4 is 0 Å². The van der Waals surface area contributed by atoms with Crippen LogP contribution in [0.15, 0.2) is 30.3 Å². The van der Waals surface area contributed by atoms with Gasteiger partial charge in [0.1, 0.15) is 0 Å². The van der Waals surface area contributed by atoms with Crippen molar-refractivity contribution in [1.82, 2.24) is 0 Å². The number of alkyl halides is 6. The zero-order chi connectivity index (χ0) is 16.3. The van der Waals surface area contributed by atoms with E-state index >= 15 is 0 Å². The zero-order valence-electron chi connectivity index (χ0n) is 11.3. The molecule has 0 bridgehead atoms. The van der Waals surface area contributed by atoms with E-state index in [1.807, 2.05) is 0 Å². The maximum atomic E-state index is 13.9. The fourth-order valence-corrected chi connectivity index (χ4v) is 1.82. The first-order valence-electron chi connectivity index (χ1n) is 6.45. The van der Waals surface area contributed by atoms with Gasteiger partial charge in [0.05, 0.1) is 0 Å². The van der Waals surface area contributed by atoms with Crippen LogP contribution in [0.25, 0.3) is 0 Å². The Bertz CT molecular complexity index is 446. The molecule has 0 saturated carbocycles. The molecule has 0 aliphatic carbocycles. The SMILES string of the molecule is CCCCC(F)C(F)(F)C(F)(F)C(O)(F)c1ccccc1. The van der Waals surface area contributed by atoms with Crippen molar-refractivity contribution in [3.8, 4) is 0 Å². The van der Waals surface area contributed by atoms with Crippen LogP contribution in [0.3, 0.4) is 0 Å². The van der Waals surface area contributed by atoms with Gasteiger partial charge >= 0.3 is 17.7 Å². The summed E-state index contributed by atoms with van der Waals surface area (Å²) in [5, 5.41) is 9.26. The first-order chi connectivity index (χ1) is 9.59. The molecule has 0 spiro atoms. The van der Waals surface area contributed by atoms with Crippen molar-refractivity contribution < 1.29 is 31.4 Å². The second-order valence-electron chi connectivity index (χ2n) is 4.80. The van der Waals surface area contributed by atoms with E-state index in [2.05, 4.69) is 0 Å². The Morgan fingerprint density at radius 1 is 1.05 bits per heavy atom. The summed E-state index contributed by atoms with van der Waals surface area (Å²) in [6.07, 6.45) is -3.83. The van der Waals surface area contributed by atoms with Crippen LogP contribution in [0, 0.1) is 0 Å². The van der Waals surface area contributed by atoms with Crippen molar-refractivity contribution in [2.24, 2.45) is 0 Å². The molecule has 2 atom stereocenters. The van der Waals surface area contributed by atoms with Gasteiger partial charge in [0, 0.05) is 5.56 Å². The molecule has 2 unspecified atom stereocenters. The molecule has 1 rings (SSSR count). The summed E-state index contributed by atoms with van der Waals surface area (Å²) >= 11 is 0. The van der Waals surface area contributed by atoms with Crippen molar-refractivity contribution in [2.75, 3.05) is 0 Å². The molecule has 0 saturated heterocycles. The molecule has 1 aromatic rings. The monoisotopic (exact) mass is 314 g/mol. The zero-order valence-corrected chi connectivity index (χ0v) is 11.3. The highest BCUT2D eigenvalue weighted by molar-refractivity contribution is 5.24. The predicted molar refractivity (Wildman–Crippen MR) is 65.8 cm³/mol. The lowest BCUT2D eigenvalue weighted by Crippen LogP contribution is -2.58. The van der Waals surface area contributed by atoms with E-state index in [9.17, 15) is 31.4 Å². The van der Waals surface area contributed by atoms with Gasteiger partial charge in [-0.3, -0.25) is 0 Å². The predicted octanol–water partition coefficient (Wildman–Crippen LogP) is 4.60. The van der Waals surface area contributed by atoms with Crippen LogP contribution >= 0.6 is 0 Å². The molecule has 1 aromatic carbocycles. The molecule has 0 heterocycles. The third-order valence-electron chi connectivity index (χ3n) is 3.20. The molecule has 0 fully saturated rings. The van der Waals surface area contributed by atoms with Crippen molar-refractivity contribution in [3.05, 3.63) is 35.9 Å². The Morgan fingerprint density at radius 2 is 1.57 bits per heavy atom. The maximum Gasteiger partial charge on any atom is 0.374 e. The van der Waals surface area contributed by atoms with Crippen LogP contribution in [0.5, 0.6) is 0 Å². The van der Waals surface area contributed by atoms with Crippen molar-refractivity contribution >= 4 is 0 Å². The lowest BCUT2D eigenvalue weighted by atomic mass is 9.92. The molecule has 7 heteroatoms. The van der Waals surface area contributed by atoms with E-state index in [-0.39, 0.29) is 6.42 Å². The van der Waals surface area contributed by atoms with E-state index in [4.69, 9.17) is 0 Å². The fraction of sp³-hybridized carbons (Fsp3) is 0.571. The van der Waals surface area contributed by atoms with Gasteiger partial charge < -0.3 is 5.11 Å². The maximum absolute atomic E-state index is 13.9. The van der Waals surface area contributed by atoms with E-state index < -0.39 is 35.9 Å². The highest BCUT2D eigenvalue weighted by atomic mass is 19.3. The largest absolute Gasteiger partial charge is 0.374 e. The van der Waals surface area contributed by atoms with Gasteiger partial charge in [-0.05, 0) is 6.42 Å². The molecule has 1 N–H and O–H groups in total. The molecule has 120 valence electrons. The molecular weight excluding hydrogens is 298 g/mol. The van der Waals surface area contributed by atoms with E-state index in [0.29, 0.717) is 6.42 Å². The Balaban J connectivity index is 3.12. The third-order valence-corrected chi connectivity index (χ3v) is 3.20. The number of halogens is 6. The second-order valence-corrected chi connectivity index (χ2v) is 4.80. The number of unbranched alkanes of at least 4 members (excludes halogenated alkanes) is 1. The smallest absolute Gasteiger partial charge is 0.353 e. The Kier molecular flexibility index (Phi) is 5.30. The van der Waals surface area contributed by atoms with Gasteiger partial charge in [0.25, 0.3) is 0 Å². The Hall–Kier alpha value is -1.24. The van der Waals surface area contributed by atoms with E-state index in [1.165, 1.54) is 6.07 Å². The average molecular weight is 314 g/mol. The molecular formula is C14H16F6O. The lowest BCUT2D eigenvalue weighted by Gasteiger charge is -2.36. The van der Waals surface area contributed by atoms with Gasteiger partial charge in [-0.2, -0.15) is 22.0 Å². The van der Waals surface area contributed by atoms with Crippen LogP contribution in [-0.2, 0) is 5.85 Å². The normalized spacial score (nSPS) is 17.3. The first kappa shape index (κ1) is 17.8. The summed E-state index contributed by atoms with van der Waals surface area (Å²) in [7, 11) is 0. The number of hydrogen-bond acceptors (Lipinski definition) is 1. The quantitative estimate of drug-likeness (QED) is 0.729. The van der Waals surface area contributed by atoms with Gasteiger partial charge in [-0.25, -0.2) is 4.39 Å². The van der Waals surface area contributed by atoms with Crippen molar-refractivity contribution in [2.45, 2.75) is 50.1 Å². The molecule has 0 aromatic heterocycles. The topological polar surface area (TPSA) is 20.2 Å². The highest BCUT2D eigenvalue weighted by Crippen LogP contribution is 2.51. The standard InChI is InChI=1S/C14H16F6O/c1-2-3-9-11(15)12(16,17)14(19,20)13(18,21)10-7-5-4-6-8-10/h4-8,11,21H,2-3,9H2,1H3. The Labute approximate surface area is 118 Å². The molecule has 1 nitrogen and oxygen atoms in total. The molecule has 0 aliphatic heterocycles. The summed E-state index contributed by atoms with van der Waals surface area (Å²) in [5.41, 5.74) is -1.06. The number of benzene rings is 1. The van der Waals surface area contributed by atoms with Gasteiger partial charge in [0.15, 0.2) is 6.17 Å². The number of hydrogen-bond donors (Lipinski definition) is 1. The van der Waals surface area contributed by atoms with Gasteiger partial charge in [-0.15, -0.1) is 0 Å². The minimum absolute atomic E-state index is 0.0527. The number of rotatable bonds is 7. The highest BCUT2D eigenvalue weighted by Gasteiger charge is 2.73. The molecule has 21 heavy (non-hydrogen) atoms. The molecule has 0 aliphatic rings. The minimum atomic E-state index is -5.60. The van der Waals surface area contributed by atoms with Gasteiger partial charge in [-0.1, -0.05) is 50.1 Å². The fourth-order valence-electron chi connectivity index (χ4n) is 1.82. The molecule has 0 radical (unpaired) electrons. The Morgan fingerprint density at radius 3 is 2.05 bits per heavy atom. The second kappa shape index (κ2) is 6.25. The van der Waals surface area contributed by atoms with E-state index in [0.717, 1.165) is 24.3 Å². The summed E-state index contributed by atoms with van der Waals surface area (Å²) in [6, 6.07) is 4.97. The average Bonchev–Trinajstić information content (AvgIpc) is 2.45. The minimum Gasteiger partial charge on any atom is -0.353 e. The van der Waals surface area contributed by atoms with Crippen molar-refractivity contribution in [3.63, 3.8) is 0 Å².